The Hall–Kier alpha value is -1.94. The van der Waals surface area contributed by atoms with E-state index in [9.17, 15) is 0 Å². The fraction of sp³-hybridized carbons (Fsp3) is 0.375. The van der Waals surface area contributed by atoms with E-state index in [0.29, 0.717) is 12.4 Å². The summed E-state index contributed by atoms with van der Waals surface area (Å²) < 4.78 is 0. The fourth-order valence-electron chi connectivity index (χ4n) is 2.82. The van der Waals surface area contributed by atoms with E-state index in [2.05, 4.69) is 40.1 Å². The fourth-order valence-corrected chi connectivity index (χ4v) is 2.82. The van der Waals surface area contributed by atoms with Gasteiger partial charge in [-0.3, -0.25) is 4.90 Å². The first-order valence-electron chi connectivity index (χ1n) is 7.07. The molecule has 20 heavy (non-hydrogen) atoms. The van der Waals surface area contributed by atoms with Gasteiger partial charge in [0.15, 0.2) is 0 Å². The highest BCUT2D eigenvalue weighted by molar-refractivity contribution is 5.35. The van der Waals surface area contributed by atoms with Crippen molar-refractivity contribution < 1.29 is 0 Å². The topological polar surface area (TPSA) is 55.0 Å². The van der Waals surface area contributed by atoms with Crippen LogP contribution >= 0.6 is 0 Å². The van der Waals surface area contributed by atoms with Crippen molar-refractivity contribution in [1.82, 2.24) is 14.9 Å². The molecule has 0 amide bonds. The number of nitrogens with two attached hydrogens (primary N) is 1. The Kier molecular flexibility index (Phi) is 3.65. The second kappa shape index (κ2) is 5.59. The summed E-state index contributed by atoms with van der Waals surface area (Å²) in [6.45, 7) is 1.62. The molecule has 0 aliphatic heterocycles. The SMILES string of the molecule is CN(Cc1ccc2c(c1)CCC2)Cc1nccc(N)n1. The van der Waals surface area contributed by atoms with Crippen LogP contribution in [-0.2, 0) is 25.9 Å². The summed E-state index contributed by atoms with van der Waals surface area (Å²) in [4.78, 5) is 10.7. The molecule has 1 aromatic carbocycles. The molecule has 0 radical (unpaired) electrons. The molecule has 2 N–H and O–H groups in total. The summed E-state index contributed by atoms with van der Waals surface area (Å²) in [5.41, 5.74) is 10.1. The van der Waals surface area contributed by atoms with E-state index in [1.807, 2.05) is 0 Å². The van der Waals surface area contributed by atoms with Crippen LogP contribution in [0.4, 0.5) is 5.82 Å². The van der Waals surface area contributed by atoms with Crippen LogP contribution in [0.5, 0.6) is 0 Å². The summed E-state index contributed by atoms with van der Waals surface area (Å²) in [7, 11) is 2.08. The highest BCUT2D eigenvalue weighted by atomic mass is 15.1. The number of benzene rings is 1. The number of nitrogen functional groups attached to an aromatic ring is 1. The van der Waals surface area contributed by atoms with Crippen molar-refractivity contribution in [1.29, 1.82) is 0 Å². The zero-order chi connectivity index (χ0) is 13.9. The number of hydrogen-bond acceptors (Lipinski definition) is 4. The summed E-state index contributed by atoms with van der Waals surface area (Å²) in [5.74, 6) is 1.30. The Bertz CT molecular complexity index is 609. The van der Waals surface area contributed by atoms with Crippen LogP contribution in [0.25, 0.3) is 0 Å². The van der Waals surface area contributed by atoms with Crippen LogP contribution in [0.1, 0.15) is 28.9 Å². The van der Waals surface area contributed by atoms with E-state index < -0.39 is 0 Å². The van der Waals surface area contributed by atoms with Gasteiger partial charge in [-0.15, -0.1) is 0 Å². The quantitative estimate of drug-likeness (QED) is 0.923. The molecule has 1 aliphatic rings. The molecule has 1 heterocycles. The Balaban J connectivity index is 1.65. The lowest BCUT2D eigenvalue weighted by atomic mass is 10.1. The van der Waals surface area contributed by atoms with Gasteiger partial charge in [0.25, 0.3) is 0 Å². The van der Waals surface area contributed by atoms with E-state index >= 15 is 0 Å². The first-order chi connectivity index (χ1) is 9.70. The van der Waals surface area contributed by atoms with Gasteiger partial charge in [0.05, 0.1) is 6.54 Å². The van der Waals surface area contributed by atoms with Gasteiger partial charge in [0.2, 0.25) is 0 Å². The third kappa shape index (κ3) is 2.96. The molecule has 0 spiro atoms. The first-order valence-corrected chi connectivity index (χ1v) is 7.07. The summed E-state index contributed by atoms with van der Waals surface area (Å²) >= 11 is 0. The van der Waals surface area contributed by atoms with Crippen molar-refractivity contribution in [2.24, 2.45) is 0 Å². The number of hydrogen-bond donors (Lipinski definition) is 1. The van der Waals surface area contributed by atoms with Gasteiger partial charge in [0, 0.05) is 12.7 Å². The number of nitrogens with zero attached hydrogens (tertiary/aromatic N) is 3. The molecule has 0 saturated heterocycles. The predicted molar refractivity (Wildman–Crippen MR) is 80.1 cm³/mol. The zero-order valence-electron chi connectivity index (χ0n) is 11.8. The molecule has 2 aromatic rings. The van der Waals surface area contributed by atoms with Gasteiger partial charge in [-0.2, -0.15) is 0 Å². The van der Waals surface area contributed by atoms with Gasteiger partial charge < -0.3 is 5.73 Å². The molecule has 4 heteroatoms. The molecule has 0 bridgehead atoms. The smallest absolute Gasteiger partial charge is 0.144 e. The van der Waals surface area contributed by atoms with Crippen molar-refractivity contribution >= 4 is 5.82 Å². The Morgan fingerprint density at radius 1 is 1.15 bits per heavy atom. The molecule has 1 aliphatic carbocycles. The molecule has 104 valence electrons. The Morgan fingerprint density at radius 2 is 2.00 bits per heavy atom. The minimum atomic E-state index is 0.529. The maximum atomic E-state index is 5.68. The van der Waals surface area contributed by atoms with Crippen molar-refractivity contribution in [2.45, 2.75) is 32.4 Å². The van der Waals surface area contributed by atoms with E-state index in [0.717, 1.165) is 12.4 Å². The average Bonchev–Trinajstić information content (AvgIpc) is 2.86. The summed E-state index contributed by atoms with van der Waals surface area (Å²) in [6.07, 6.45) is 5.47. The van der Waals surface area contributed by atoms with Crippen LogP contribution in [0.15, 0.2) is 30.5 Å². The maximum absolute atomic E-state index is 5.68. The number of rotatable bonds is 4. The third-order valence-electron chi connectivity index (χ3n) is 3.75. The molecule has 0 unspecified atom stereocenters. The van der Waals surface area contributed by atoms with Crippen molar-refractivity contribution in [3.63, 3.8) is 0 Å². The number of anilines is 1. The van der Waals surface area contributed by atoms with Gasteiger partial charge in [-0.05, 0) is 49.1 Å². The van der Waals surface area contributed by atoms with Crippen molar-refractivity contribution in [3.05, 3.63) is 53.0 Å². The average molecular weight is 268 g/mol. The van der Waals surface area contributed by atoms with E-state index in [1.165, 1.54) is 36.0 Å². The number of aromatic nitrogens is 2. The third-order valence-corrected chi connectivity index (χ3v) is 3.75. The predicted octanol–water partition coefficient (Wildman–Crippen LogP) is 2.18. The largest absolute Gasteiger partial charge is 0.384 e. The minimum absolute atomic E-state index is 0.529. The number of aryl methyl sites for hydroxylation is 2. The lowest BCUT2D eigenvalue weighted by Gasteiger charge is -2.16. The lowest BCUT2D eigenvalue weighted by molar-refractivity contribution is 0.310. The van der Waals surface area contributed by atoms with Crippen molar-refractivity contribution in [2.75, 3.05) is 12.8 Å². The summed E-state index contributed by atoms with van der Waals surface area (Å²) in [5, 5.41) is 0. The normalized spacial score (nSPS) is 13.7. The minimum Gasteiger partial charge on any atom is -0.384 e. The van der Waals surface area contributed by atoms with Gasteiger partial charge in [0.1, 0.15) is 11.6 Å². The van der Waals surface area contributed by atoms with E-state index in [4.69, 9.17) is 5.73 Å². The monoisotopic (exact) mass is 268 g/mol. The Labute approximate surface area is 119 Å². The summed E-state index contributed by atoms with van der Waals surface area (Å²) in [6, 6.07) is 8.58. The molecule has 4 nitrogen and oxygen atoms in total. The zero-order valence-corrected chi connectivity index (χ0v) is 11.8. The molecular formula is C16H20N4. The number of fused-ring (bicyclic) bond motifs is 1. The molecular weight excluding hydrogens is 248 g/mol. The molecule has 0 atom stereocenters. The van der Waals surface area contributed by atoms with Crippen LogP contribution in [0, 0.1) is 0 Å². The maximum Gasteiger partial charge on any atom is 0.144 e. The second-order valence-corrected chi connectivity index (χ2v) is 5.53. The van der Waals surface area contributed by atoms with E-state index in [-0.39, 0.29) is 0 Å². The standard InChI is InChI=1S/C16H20N4/c1-20(11-16-18-8-7-15(17)19-16)10-12-5-6-13-3-2-4-14(13)9-12/h5-9H,2-4,10-11H2,1H3,(H2,17,18,19). The molecule has 0 saturated carbocycles. The van der Waals surface area contributed by atoms with Crippen LogP contribution in [0.3, 0.4) is 0 Å². The van der Waals surface area contributed by atoms with E-state index in [1.54, 1.807) is 12.3 Å². The Morgan fingerprint density at radius 3 is 2.85 bits per heavy atom. The van der Waals surface area contributed by atoms with Crippen LogP contribution in [0.2, 0.25) is 0 Å². The van der Waals surface area contributed by atoms with Crippen molar-refractivity contribution in [3.8, 4) is 0 Å². The van der Waals surface area contributed by atoms with Gasteiger partial charge in [-0.1, -0.05) is 18.2 Å². The second-order valence-electron chi connectivity index (χ2n) is 5.53. The van der Waals surface area contributed by atoms with Crippen LogP contribution in [-0.4, -0.2) is 21.9 Å². The molecule has 1 aromatic heterocycles. The van der Waals surface area contributed by atoms with Gasteiger partial charge >= 0.3 is 0 Å². The van der Waals surface area contributed by atoms with Crippen LogP contribution < -0.4 is 5.73 Å². The first kappa shape index (κ1) is 13.1. The lowest BCUT2D eigenvalue weighted by Crippen LogP contribution is -2.19. The van der Waals surface area contributed by atoms with Gasteiger partial charge in [-0.25, -0.2) is 9.97 Å². The highest BCUT2D eigenvalue weighted by Gasteiger charge is 2.11. The molecule has 3 rings (SSSR count). The highest BCUT2D eigenvalue weighted by Crippen LogP contribution is 2.23. The molecule has 0 fully saturated rings.